The van der Waals surface area contributed by atoms with Crippen LogP contribution in [-0.2, 0) is 4.74 Å². The molecular formula is C18H21NO2. The molecule has 3 rings (SSSR count). The maximum Gasteiger partial charge on any atom is 0.124 e. The Hall–Kier alpha value is -1.84. The summed E-state index contributed by atoms with van der Waals surface area (Å²) in [6.45, 7) is 3.55. The van der Waals surface area contributed by atoms with Crippen LogP contribution in [0.5, 0.6) is 5.75 Å². The molecule has 2 atom stereocenters. The second kappa shape index (κ2) is 6.29. The first kappa shape index (κ1) is 14.1. The normalized spacial score (nSPS) is 22.0. The lowest BCUT2D eigenvalue weighted by Gasteiger charge is -2.31. The SMILES string of the molecule is COc1ccc(C)cc1C1CNC(c2ccccc2)CO1. The van der Waals surface area contributed by atoms with Gasteiger partial charge in [0.1, 0.15) is 5.75 Å². The molecule has 1 fully saturated rings. The predicted octanol–water partition coefficient (Wildman–Crippen LogP) is 3.41. The first-order valence-electron chi connectivity index (χ1n) is 7.32. The summed E-state index contributed by atoms with van der Waals surface area (Å²) >= 11 is 0. The van der Waals surface area contributed by atoms with E-state index in [0.29, 0.717) is 6.61 Å². The van der Waals surface area contributed by atoms with Crippen LogP contribution in [0.4, 0.5) is 0 Å². The highest BCUT2D eigenvalue weighted by atomic mass is 16.5. The van der Waals surface area contributed by atoms with Crippen molar-refractivity contribution in [2.24, 2.45) is 0 Å². The number of ether oxygens (including phenoxy) is 2. The molecular weight excluding hydrogens is 262 g/mol. The molecule has 0 aromatic heterocycles. The third kappa shape index (κ3) is 3.09. The summed E-state index contributed by atoms with van der Waals surface area (Å²) in [5.41, 5.74) is 3.61. The highest BCUT2D eigenvalue weighted by molar-refractivity contribution is 5.39. The Morgan fingerprint density at radius 3 is 2.62 bits per heavy atom. The lowest BCUT2D eigenvalue weighted by molar-refractivity contribution is 0.00117. The molecule has 0 radical (unpaired) electrons. The molecule has 110 valence electrons. The summed E-state index contributed by atoms with van der Waals surface area (Å²) < 4.78 is 11.5. The molecule has 0 spiro atoms. The second-order valence-corrected chi connectivity index (χ2v) is 5.44. The van der Waals surface area contributed by atoms with E-state index < -0.39 is 0 Å². The number of methoxy groups -OCH3 is 1. The van der Waals surface area contributed by atoms with E-state index in [0.717, 1.165) is 17.9 Å². The van der Waals surface area contributed by atoms with E-state index in [-0.39, 0.29) is 12.1 Å². The molecule has 21 heavy (non-hydrogen) atoms. The van der Waals surface area contributed by atoms with E-state index in [2.05, 4.69) is 48.6 Å². The Morgan fingerprint density at radius 2 is 1.95 bits per heavy atom. The number of nitrogens with one attached hydrogen (secondary N) is 1. The molecule has 2 aromatic carbocycles. The predicted molar refractivity (Wildman–Crippen MR) is 83.6 cm³/mol. The Bertz CT molecular complexity index is 589. The summed E-state index contributed by atoms with van der Waals surface area (Å²) in [4.78, 5) is 0. The Balaban J connectivity index is 1.73. The minimum absolute atomic E-state index is 0.0415. The van der Waals surface area contributed by atoms with Crippen molar-refractivity contribution in [1.82, 2.24) is 5.32 Å². The Kier molecular flexibility index (Phi) is 4.23. The van der Waals surface area contributed by atoms with Crippen molar-refractivity contribution in [2.45, 2.75) is 19.1 Å². The van der Waals surface area contributed by atoms with E-state index in [1.807, 2.05) is 12.1 Å². The molecule has 2 aromatic rings. The van der Waals surface area contributed by atoms with Crippen molar-refractivity contribution in [3.63, 3.8) is 0 Å². The van der Waals surface area contributed by atoms with Gasteiger partial charge >= 0.3 is 0 Å². The summed E-state index contributed by atoms with van der Waals surface area (Å²) in [7, 11) is 1.71. The van der Waals surface area contributed by atoms with Gasteiger partial charge in [-0.3, -0.25) is 0 Å². The number of aryl methyl sites for hydroxylation is 1. The van der Waals surface area contributed by atoms with Crippen LogP contribution in [0.3, 0.4) is 0 Å². The van der Waals surface area contributed by atoms with Gasteiger partial charge in [-0.05, 0) is 24.6 Å². The summed E-state index contributed by atoms with van der Waals surface area (Å²) in [5, 5.41) is 3.57. The zero-order valence-electron chi connectivity index (χ0n) is 12.5. The number of rotatable bonds is 3. The Labute approximate surface area is 125 Å². The van der Waals surface area contributed by atoms with E-state index in [9.17, 15) is 0 Å². The molecule has 3 heteroatoms. The third-order valence-electron chi connectivity index (χ3n) is 3.95. The van der Waals surface area contributed by atoms with Crippen molar-refractivity contribution >= 4 is 0 Å². The van der Waals surface area contributed by atoms with E-state index in [1.54, 1.807) is 7.11 Å². The van der Waals surface area contributed by atoms with E-state index >= 15 is 0 Å². The molecule has 3 nitrogen and oxygen atoms in total. The van der Waals surface area contributed by atoms with Gasteiger partial charge < -0.3 is 14.8 Å². The molecule has 0 saturated carbocycles. The van der Waals surface area contributed by atoms with Crippen molar-refractivity contribution in [3.8, 4) is 5.75 Å². The van der Waals surface area contributed by atoms with Gasteiger partial charge in [-0.1, -0.05) is 42.0 Å². The monoisotopic (exact) mass is 283 g/mol. The van der Waals surface area contributed by atoms with Crippen molar-refractivity contribution in [2.75, 3.05) is 20.3 Å². The quantitative estimate of drug-likeness (QED) is 0.936. The lowest BCUT2D eigenvalue weighted by atomic mass is 10.0. The molecule has 1 heterocycles. The van der Waals surface area contributed by atoms with Gasteiger partial charge in [0.25, 0.3) is 0 Å². The highest BCUT2D eigenvalue weighted by Gasteiger charge is 2.25. The smallest absolute Gasteiger partial charge is 0.124 e. The Morgan fingerprint density at radius 1 is 1.14 bits per heavy atom. The minimum Gasteiger partial charge on any atom is -0.496 e. The maximum absolute atomic E-state index is 6.09. The largest absolute Gasteiger partial charge is 0.496 e. The fourth-order valence-corrected chi connectivity index (χ4v) is 2.78. The topological polar surface area (TPSA) is 30.5 Å². The molecule has 0 amide bonds. The van der Waals surface area contributed by atoms with E-state index in [1.165, 1.54) is 11.1 Å². The van der Waals surface area contributed by atoms with Crippen LogP contribution >= 0.6 is 0 Å². The van der Waals surface area contributed by atoms with Crippen LogP contribution in [0.2, 0.25) is 0 Å². The molecule has 1 aliphatic heterocycles. The van der Waals surface area contributed by atoms with Gasteiger partial charge in [-0.25, -0.2) is 0 Å². The molecule has 1 aliphatic rings. The van der Waals surface area contributed by atoms with Gasteiger partial charge in [0, 0.05) is 12.1 Å². The van der Waals surface area contributed by atoms with Crippen molar-refractivity contribution < 1.29 is 9.47 Å². The standard InChI is InChI=1S/C18H21NO2/c1-13-8-9-17(20-2)15(10-13)18-11-19-16(12-21-18)14-6-4-3-5-7-14/h3-10,16,18-19H,11-12H2,1-2H3. The molecule has 0 aliphatic carbocycles. The average Bonchev–Trinajstić information content (AvgIpc) is 2.56. The minimum atomic E-state index is 0.0415. The highest BCUT2D eigenvalue weighted by Crippen LogP contribution is 2.32. The van der Waals surface area contributed by atoms with Gasteiger partial charge in [0.2, 0.25) is 0 Å². The van der Waals surface area contributed by atoms with Crippen molar-refractivity contribution in [3.05, 3.63) is 65.2 Å². The van der Waals surface area contributed by atoms with Gasteiger partial charge in [0.15, 0.2) is 0 Å². The van der Waals surface area contributed by atoms with Gasteiger partial charge in [-0.2, -0.15) is 0 Å². The fraction of sp³-hybridized carbons (Fsp3) is 0.333. The van der Waals surface area contributed by atoms with Crippen LogP contribution in [0, 0.1) is 6.92 Å². The summed E-state index contributed by atoms with van der Waals surface area (Å²) in [6.07, 6.45) is 0.0415. The van der Waals surface area contributed by atoms with Crippen LogP contribution in [-0.4, -0.2) is 20.3 Å². The lowest BCUT2D eigenvalue weighted by Crippen LogP contribution is -2.37. The van der Waals surface area contributed by atoms with Crippen LogP contribution in [0.1, 0.15) is 28.8 Å². The molecule has 1 N–H and O–H groups in total. The van der Waals surface area contributed by atoms with Crippen molar-refractivity contribution in [1.29, 1.82) is 0 Å². The second-order valence-electron chi connectivity index (χ2n) is 5.44. The molecule has 1 saturated heterocycles. The molecule has 2 unspecified atom stereocenters. The zero-order chi connectivity index (χ0) is 14.7. The molecule has 0 bridgehead atoms. The number of hydrogen-bond acceptors (Lipinski definition) is 3. The zero-order valence-corrected chi connectivity index (χ0v) is 12.5. The average molecular weight is 283 g/mol. The first-order chi connectivity index (χ1) is 10.3. The summed E-state index contributed by atoms with van der Waals surface area (Å²) in [5.74, 6) is 0.894. The van der Waals surface area contributed by atoms with Crippen LogP contribution in [0.25, 0.3) is 0 Å². The van der Waals surface area contributed by atoms with E-state index in [4.69, 9.17) is 9.47 Å². The number of morpholine rings is 1. The van der Waals surface area contributed by atoms with Gasteiger partial charge in [-0.15, -0.1) is 0 Å². The van der Waals surface area contributed by atoms with Gasteiger partial charge in [0.05, 0.1) is 25.9 Å². The first-order valence-corrected chi connectivity index (χ1v) is 7.32. The summed E-state index contributed by atoms with van der Waals surface area (Å²) in [6, 6.07) is 16.9. The van der Waals surface area contributed by atoms with Crippen LogP contribution < -0.4 is 10.1 Å². The fourth-order valence-electron chi connectivity index (χ4n) is 2.78. The van der Waals surface area contributed by atoms with Crippen LogP contribution in [0.15, 0.2) is 48.5 Å². The maximum atomic E-state index is 6.09. The number of hydrogen-bond donors (Lipinski definition) is 1. The number of benzene rings is 2. The third-order valence-corrected chi connectivity index (χ3v) is 3.95.